The highest BCUT2D eigenvalue weighted by Gasteiger charge is 2.15. The Labute approximate surface area is 123 Å². The summed E-state index contributed by atoms with van der Waals surface area (Å²) in [6.07, 6.45) is 3.31. The van der Waals surface area contributed by atoms with Crippen molar-refractivity contribution in [2.75, 3.05) is 40.0 Å². The monoisotopic (exact) mass is 289 g/mol. The Hall–Kier alpha value is -2.05. The maximum absolute atomic E-state index is 11.9. The number of fused-ring (bicyclic) bond motifs is 1. The van der Waals surface area contributed by atoms with Crippen LogP contribution in [0.25, 0.3) is 6.08 Å². The van der Waals surface area contributed by atoms with E-state index in [1.165, 1.54) is 6.08 Å². The van der Waals surface area contributed by atoms with E-state index in [2.05, 4.69) is 17.4 Å². The molecule has 0 aliphatic carbocycles. The van der Waals surface area contributed by atoms with Crippen LogP contribution in [0.1, 0.15) is 5.56 Å². The van der Waals surface area contributed by atoms with Crippen LogP contribution in [0.4, 0.5) is 0 Å². The molecule has 0 atom stereocenters. The Morgan fingerprint density at radius 3 is 2.76 bits per heavy atom. The number of rotatable bonds is 3. The first-order valence-corrected chi connectivity index (χ1v) is 7.02. The Bertz CT molecular complexity index is 551. The van der Waals surface area contributed by atoms with Crippen molar-refractivity contribution in [2.24, 2.45) is 0 Å². The van der Waals surface area contributed by atoms with Crippen LogP contribution < -0.4 is 14.9 Å². The Balaban J connectivity index is 1.54. The average Bonchev–Trinajstić information content (AvgIpc) is 2.95. The number of ether oxygens (including phenoxy) is 2. The van der Waals surface area contributed by atoms with E-state index in [0.717, 1.165) is 43.2 Å². The predicted octanol–water partition coefficient (Wildman–Crippen LogP) is 0.707. The van der Waals surface area contributed by atoms with Gasteiger partial charge in [-0.05, 0) is 30.8 Å². The first-order chi connectivity index (χ1) is 10.2. The van der Waals surface area contributed by atoms with Gasteiger partial charge < -0.3 is 14.4 Å². The lowest BCUT2D eigenvalue weighted by Crippen LogP contribution is -2.52. The molecule has 2 heterocycles. The molecule has 0 spiro atoms. The molecule has 1 N–H and O–H groups in total. The van der Waals surface area contributed by atoms with Gasteiger partial charge >= 0.3 is 0 Å². The summed E-state index contributed by atoms with van der Waals surface area (Å²) in [5, 5.41) is 1.95. The molecule has 1 amide bonds. The number of hydrazine groups is 1. The van der Waals surface area contributed by atoms with Gasteiger partial charge in [0.1, 0.15) is 0 Å². The first kappa shape index (κ1) is 13.9. The fourth-order valence-corrected chi connectivity index (χ4v) is 2.30. The molecule has 2 aliphatic rings. The van der Waals surface area contributed by atoms with Crippen LogP contribution in [0.5, 0.6) is 11.5 Å². The minimum atomic E-state index is -0.114. The topological polar surface area (TPSA) is 54.0 Å². The number of hydrogen-bond acceptors (Lipinski definition) is 5. The van der Waals surface area contributed by atoms with Crippen molar-refractivity contribution in [1.29, 1.82) is 0 Å². The molecule has 0 aromatic heterocycles. The number of likely N-dealkylation sites (N-methyl/N-ethyl adjacent to an activating group) is 1. The molecule has 1 fully saturated rings. The minimum absolute atomic E-state index is 0.114. The van der Waals surface area contributed by atoms with Gasteiger partial charge in [0.25, 0.3) is 5.91 Å². The minimum Gasteiger partial charge on any atom is -0.454 e. The molecular weight excluding hydrogens is 270 g/mol. The summed E-state index contributed by atoms with van der Waals surface area (Å²) in [6.45, 7) is 3.88. The van der Waals surface area contributed by atoms with Crippen molar-refractivity contribution >= 4 is 12.0 Å². The molecule has 6 nitrogen and oxygen atoms in total. The molecule has 1 saturated heterocycles. The van der Waals surface area contributed by atoms with E-state index in [9.17, 15) is 4.79 Å². The smallest absolute Gasteiger partial charge is 0.258 e. The molecule has 112 valence electrons. The highest BCUT2D eigenvalue weighted by Crippen LogP contribution is 2.32. The first-order valence-electron chi connectivity index (χ1n) is 7.02. The summed E-state index contributed by atoms with van der Waals surface area (Å²) >= 11 is 0. The molecule has 6 heteroatoms. The predicted molar refractivity (Wildman–Crippen MR) is 78.8 cm³/mol. The number of nitrogens with one attached hydrogen (secondary N) is 1. The number of nitrogens with zero attached hydrogens (tertiary/aromatic N) is 2. The van der Waals surface area contributed by atoms with Gasteiger partial charge in [0.05, 0.1) is 0 Å². The van der Waals surface area contributed by atoms with Gasteiger partial charge in [0.15, 0.2) is 11.5 Å². The summed E-state index contributed by atoms with van der Waals surface area (Å²) in [4.78, 5) is 14.1. The van der Waals surface area contributed by atoms with Gasteiger partial charge in [-0.25, -0.2) is 5.01 Å². The van der Waals surface area contributed by atoms with E-state index in [1.54, 1.807) is 6.08 Å². The fraction of sp³-hybridized carbons (Fsp3) is 0.400. The van der Waals surface area contributed by atoms with Crippen LogP contribution in [-0.4, -0.2) is 55.8 Å². The lowest BCUT2D eigenvalue weighted by molar-refractivity contribution is -0.121. The van der Waals surface area contributed by atoms with Gasteiger partial charge in [0.2, 0.25) is 6.79 Å². The van der Waals surface area contributed by atoms with E-state index in [4.69, 9.17) is 9.47 Å². The number of benzene rings is 1. The maximum atomic E-state index is 11.9. The molecule has 0 saturated carbocycles. The Kier molecular flexibility index (Phi) is 4.08. The molecule has 1 aromatic rings. The van der Waals surface area contributed by atoms with Crippen LogP contribution in [0.15, 0.2) is 24.3 Å². The molecule has 0 unspecified atom stereocenters. The number of carbonyl (C=O) groups excluding carboxylic acids is 1. The summed E-state index contributed by atoms with van der Waals surface area (Å²) in [7, 11) is 2.08. The zero-order valence-electron chi connectivity index (χ0n) is 12.0. The standard InChI is InChI=1S/C15H19N3O3/c1-17-6-8-18(9-7-17)16-15(19)5-3-12-2-4-13-14(10-12)21-11-20-13/h2-5,10H,6-9,11H2,1H3,(H,16,19). The molecule has 0 radical (unpaired) electrons. The van der Waals surface area contributed by atoms with Gasteiger partial charge in [0, 0.05) is 32.3 Å². The maximum Gasteiger partial charge on any atom is 0.258 e. The van der Waals surface area contributed by atoms with Crippen molar-refractivity contribution in [3.63, 3.8) is 0 Å². The molecule has 1 aromatic carbocycles. The second-order valence-electron chi connectivity index (χ2n) is 5.21. The molecule has 2 aliphatic heterocycles. The van der Waals surface area contributed by atoms with Crippen molar-refractivity contribution < 1.29 is 14.3 Å². The molecule has 0 bridgehead atoms. The van der Waals surface area contributed by atoms with Crippen LogP contribution in [-0.2, 0) is 4.79 Å². The fourth-order valence-electron chi connectivity index (χ4n) is 2.30. The van der Waals surface area contributed by atoms with Gasteiger partial charge in [-0.2, -0.15) is 0 Å². The second kappa shape index (κ2) is 6.15. The lowest BCUT2D eigenvalue weighted by Gasteiger charge is -2.31. The number of piperazine rings is 1. The van der Waals surface area contributed by atoms with Crippen LogP contribution >= 0.6 is 0 Å². The lowest BCUT2D eigenvalue weighted by atomic mass is 10.2. The largest absolute Gasteiger partial charge is 0.454 e. The highest BCUT2D eigenvalue weighted by molar-refractivity contribution is 5.91. The van der Waals surface area contributed by atoms with E-state index in [-0.39, 0.29) is 12.7 Å². The van der Waals surface area contributed by atoms with E-state index in [0.29, 0.717) is 0 Å². The van der Waals surface area contributed by atoms with E-state index in [1.807, 2.05) is 23.2 Å². The Morgan fingerprint density at radius 1 is 1.19 bits per heavy atom. The molecule has 21 heavy (non-hydrogen) atoms. The van der Waals surface area contributed by atoms with Crippen molar-refractivity contribution in [2.45, 2.75) is 0 Å². The quantitative estimate of drug-likeness (QED) is 0.831. The van der Waals surface area contributed by atoms with Crippen LogP contribution in [0.2, 0.25) is 0 Å². The van der Waals surface area contributed by atoms with Crippen LogP contribution in [0.3, 0.4) is 0 Å². The average molecular weight is 289 g/mol. The highest BCUT2D eigenvalue weighted by atomic mass is 16.7. The number of carbonyl (C=O) groups is 1. The van der Waals surface area contributed by atoms with Gasteiger partial charge in [-0.1, -0.05) is 6.07 Å². The third-order valence-corrected chi connectivity index (χ3v) is 3.60. The number of hydrogen-bond donors (Lipinski definition) is 1. The van der Waals surface area contributed by atoms with Crippen LogP contribution in [0, 0.1) is 0 Å². The van der Waals surface area contributed by atoms with E-state index < -0.39 is 0 Å². The zero-order valence-corrected chi connectivity index (χ0v) is 12.0. The van der Waals surface area contributed by atoms with Gasteiger partial charge in [-0.15, -0.1) is 0 Å². The van der Waals surface area contributed by atoms with E-state index >= 15 is 0 Å². The SMILES string of the molecule is CN1CCN(NC(=O)C=Cc2ccc3c(c2)OCO3)CC1. The third-order valence-electron chi connectivity index (χ3n) is 3.60. The summed E-state index contributed by atoms with van der Waals surface area (Å²) in [6, 6.07) is 5.61. The van der Waals surface area contributed by atoms with Gasteiger partial charge in [-0.3, -0.25) is 10.2 Å². The van der Waals surface area contributed by atoms with Crippen molar-refractivity contribution in [3.8, 4) is 11.5 Å². The third kappa shape index (κ3) is 3.53. The Morgan fingerprint density at radius 2 is 1.95 bits per heavy atom. The summed E-state index contributed by atoms with van der Waals surface area (Å²) in [5.41, 5.74) is 3.80. The normalized spacial score (nSPS) is 19.1. The summed E-state index contributed by atoms with van der Waals surface area (Å²) < 4.78 is 10.6. The van der Waals surface area contributed by atoms with Crippen molar-refractivity contribution in [1.82, 2.24) is 15.3 Å². The number of amides is 1. The molecule has 3 rings (SSSR count). The second-order valence-corrected chi connectivity index (χ2v) is 5.21. The summed E-state index contributed by atoms with van der Waals surface area (Å²) in [5.74, 6) is 1.35. The molecular formula is C15H19N3O3. The zero-order chi connectivity index (χ0) is 14.7. The van der Waals surface area contributed by atoms with Crippen molar-refractivity contribution in [3.05, 3.63) is 29.8 Å².